The molecule has 2 heterocycles. The first kappa shape index (κ1) is 17.2. The van der Waals surface area contributed by atoms with Crippen LogP contribution in [0.2, 0.25) is 0 Å². The number of hydrogen-bond donors (Lipinski definition) is 0. The number of aryl methyl sites for hydroxylation is 3. The van der Waals surface area contributed by atoms with E-state index in [1.54, 1.807) is 6.33 Å². The van der Waals surface area contributed by atoms with Crippen LogP contribution in [0.4, 0.5) is 5.82 Å². The predicted octanol–water partition coefficient (Wildman–Crippen LogP) is 2.13. The van der Waals surface area contributed by atoms with Gasteiger partial charge in [0.15, 0.2) is 6.61 Å². The molecule has 0 spiro atoms. The molecule has 0 bridgehead atoms. The number of piperazine rings is 1. The molecule has 1 aliphatic rings. The lowest BCUT2D eigenvalue weighted by Gasteiger charge is -2.35. The van der Waals surface area contributed by atoms with Crippen LogP contribution in [0.3, 0.4) is 0 Å². The van der Waals surface area contributed by atoms with E-state index in [2.05, 4.69) is 20.9 Å². The summed E-state index contributed by atoms with van der Waals surface area (Å²) in [5, 5.41) is 0. The molecule has 1 fully saturated rings. The van der Waals surface area contributed by atoms with Gasteiger partial charge in [-0.15, -0.1) is 0 Å². The van der Waals surface area contributed by atoms with Gasteiger partial charge in [0.1, 0.15) is 17.9 Å². The number of amides is 1. The van der Waals surface area contributed by atoms with Crippen molar-refractivity contribution in [3.8, 4) is 5.75 Å². The molecule has 1 amide bonds. The molecule has 0 aliphatic carbocycles. The number of carbonyl (C=O) groups excluding carboxylic acids is 1. The highest BCUT2D eigenvalue weighted by Crippen LogP contribution is 2.19. The van der Waals surface area contributed by atoms with Crippen LogP contribution in [0.5, 0.6) is 5.75 Å². The second kappa shape index (κ2) is 7.51. The van der Waals surface area contributed by atoms with Crippen LogP contribution >= 0.6 is 0 Å². The molecule has 1 aliphatic heterocycles. The lowest BCUT2D eigenvalue weighted by atomic mass is 10.1. The molecule has 1 saturated heterocycles. The molecule has 1 aromatic heterocycles. The first-order chi connectivity index (χ1) is 12.0. The molecule has 0 saturated carbocycles. The number of carbonyl (C=O) groups is 1. The average Bonchev–Trinajstić information content (AvgIpc) is 2.61. The maximum absolute atomic E-state index is 12.4. The number of anilines is 1. The van der Waals surface area contributed by atoms with Crippen molar-refractivity contribution >= 4 is 11.7 Å². The number of aromatic nitrogens is 2. The van der Waals surface area contributed by atoms with Gasteiger partial charge in [-0.2, -0.15) is 0 Å². The summed E-state index contributed by atoms with van der Waals surface area (Å²) in [6.45, 7) is 8.97. The molecule has 6 nitrogen and oxygen atoms in total. The summed E-state index contributed by atoms with van der Waals surface area (Å²) in [5.41, 5.74) is 3.19. The molecule has 6 heteroatoms. The van der Waals surface area contributed by atoms with E-state index in [0.29, 0.717) is 13.1 Å². The quantitative estimate of drug-likeness (QED) is 0.853. The van der Waals surface area contributed by atoms with E-state index in [4.69, 9.17) is 4.74 Å². The van der Waals surface area contributed by atoms with Gasteiger partial charge in [-0.25, -0.2) is 9.97 Å². The Morgan fingerprint density at radius 2 is 1.84 bits per heavy atom. The van der Waals surface area contributed by atoms with Crippen molar-refractivity contribution in [3.63, 3.8) is 0 Å². The smallest absolute Gasteiger partial charge is 0.260 e. The van der Waals surface area contributed by atoms with Crippen molar-refractivity contribution in [3.05, 3.63) is 47.4 Å². The maximum Gasteiger partial charge on any atom is 0.260 e. The zero-order valence-corrected chi connectivity index (χ0v) is 15.0. The van der Waals surface area contributed by atoms with Crippen molar-refractivity contribution in [1.29, 1.82) is 0 Å². The minimum Gasteiger partial charge on any atom is -0.484 e. The second-order valence-corrected chi connectivity index (χ2v) is 6.44. The van der Waals surface area contributed by atoms with Crippen LogP contribution in [0.25, 0.3) is 0 Å². The van der Waals surface area contributed by atoms with Crippen LogP contribution < -0.4 is 9.64 Å². The normalized spacial score (nSPS) is 14.5. The topological polar surface area (TPSA) is 58.6 Å². The van der Waals surface area contributed by atoms with E-state index in [1.807, 2.05) is 43.9 Å². The minimum absolute atomic E-state index is 0.0264. The largest absolute Gasteiger partial charge is 0.484 e. The summed E-state index contributed by atoms with van der Waals surface area (Å²) >= 11 is 0. The molecule has 3 rings (SSSR count). The van der Waals surface area contributed by atoms with Gasteiger partial charge in [-0.3, -0.25) is 4.79 Å². The van der Waals surface area contributed by atoms with Gasteiger partial charge in [-0.05, 0) is 32.4 Å². The van der Waals surface area contributed by atoms with E-state index >= 15 is 0 Å². The number of hydrogen-bond acceptors (Lipinski definition) is 5. The molecular weight excluding hydrogens is 316 g/mol. The van der Waals surface area contributed by atoms with Gasteiger partial charge in [0.2, 0.25) is 0 Å². The molecule has 0 unspecified atom stereocenters. The minimum atomic E-state index is 0.0264. The van der Waals surface area contributed by atoms with E-state index in [9.17, 15) is 4.79 Å². The highest BCUT2D eigenvalue weighted by atomic mass is 16.5. The van der Waals surface area contributed by atoms with E-state index in [-0.39, 0.29) is 12.5 Å². The summed E-state index contributed by atoms with van der Waals surface area (Å²) in [6, 6.07) is 7.95. The van der Waals surface area contributed by atoms with Gasteiger partial charge >= 0.3 is 0 Å². The fourth-order valence-corrected chi connectivity index (χ4v) is 2.99. The van der Waals surface area contributed by atoms with Gasteiger partial charge in [-0.1, -0.05) is 17.7 Å². The Kier molecular flexibility index (Phi) is 5.16. The molecule has 0 N–H and O–H groups in total. The summed E-state index contributed by atoms with van der Waals surface area (Å²) in [7, 11) is 0. The van der Waals surface area contributed by atoms with Gasteiger partial charge in [0.25, 0.3) is 5.91 Å². The lowest BCUT2D eigenvalue weighted by Crippen LogP contribution is -2.50. The zero-order valence-electron chi connectivity index (χ0n) is 15.0. The Balaban J connectivity index is 1.51. The third kappa shape index (κ3) is 4.26. The SMILES string of the molecule is Cc1ccc(OCC(=O)N2CCN(c3cc(C)ncn3)CC2)c(C)c1. The number of nitrogens with zero attached hydrogens (tertiary/aromatic N) is 4. The number of rotatable bonds is 4. The Bertz CT molecular complexity index is 755. The Hall–Kier alpha value is -2.63. The first-order valence-corrected chi connectivity index (χ1v) is 8.54. The van der Waals surface area contributed by atoms with Crippen LogP contribution in [-0.4, -0.2) is 53.6 Å². The van der Waals surface area contributed by atoms with Gasteiger partial charge < -0.3 is 14.5 Å². The first-order valence-electron chi connectivity index (χ1n) is 8.54. The lowest BCUT2D eigenvalue weighted by molar-refractivity contribution is -0.133. The van der Waals surface area contributed by atoms with Gasteiger partial charge in [0.05, 0.1) is 0 Å². The van der Waals surface area contributed by atoms with Crippen LogP contribution in [0.1, 0.15) is 16.8 Å². The van der Waals surface area contributed by atoms with Crippen molar-refractivity contribution in [1.82, 2.24) is 14.9 Å². The number of benzene rings is 1. The second-order valence-electron chi connectivity index (χ2n) is 6.44. The third-order valence-electron chi connectivity index (χ3n) is 4.43. The predicted molar refractivity (Wildman–Crippen MR) is 97.0 cm³/mol. The summed E-state index contributed by atoms with van der Waals surface area (Å²) < 4.78 is 5.71. The fourth-order valence-electron chi connectivity index (χ4n) is 2.99. The molecule has 0 radical (unpaired) electrons. The Morgan fingerprint density at radius 1 is 1.08 bits per heavy atom. The Labute approximate surface area is 148 Å². The highest BCUT2D eigenvalue weighted by molar-refractivity contribution is 5.78. The molecule has 2 aromatic rings. The zero-order chi connectivity index (χ0) is 17.8. The fraction of sp³-hybridized carbons (Fsp3) is 0.421. The highest BCUT2D eigenvalue weighted by Gasteiger charge is 2.22. The average molecular weight is 340 g/mol. The number of ether oxygens (including phenoxy) is 1. The van der Waals surface area contributed by atoms with E-state index in [0.717, 1.165) is 35.9 Å². The third-order valence-corrected chi connectivity index (χ3v) is 4.43. The Morgan fingerprint density at radius 3 is 2.52 bits per heavy atom. The summed E-state index contributed by atoms with van der Waals surface area (Å²) in [6.07, 6.45) is 1.58. The van der Waals surface area contributed by atoms with Crippen molar-refractivity contribution in [2.75, 3.05) is 37.7 Å². The van der Waals surface area contributed by atoms with Crippen molar-refractivity contribution < 1.29 is 9.53 Å². The van der Waals surface area contributed by atoms with E-state index < -0.39 is 0 Å². The van der Waals surface area contributed by atoms with Crippen molar-refractivity contribution in [2.45, 2.75) is 20.8 Å². The molecule has 25 heavy (non-hydrogen) atoms. The summed E-state index contributed by atoms with van der Waals surface area (Å²) in [4.78, 5) is 24.9. The molecule has 0 atom stereocenters. The van der Waals surface area contributed by atoms with Crippen molar-refractivity contribution in [2.24, 2.45) is 0 Å². The molecular formula is C19H24N4O2. The maximum atomic E-state index is 12.4. The molecule has 1 aromatic carbocycles. The van der Waals surface area contributed by atoms with Crippen LogP contribution in [-0.2, 0) is 4.79 Å². The monoisotopic (exact) mass is 340 g/mol. The molecule has 132 valence electrons. The van der Waals surface area contributed by atoms with E-state index in [1.165, 1.54) is 5.56 Å². The summed E-state index contributed by atoms with van der Waals surface area (Å²) in [5.74, 6) is 1.72. The van der Waals surface area contributed by atoms with Crippen LogP contribution in [0, 0.1) is 20.8 Å². The standard InChI is InChI=1S/C19H24N4O2/c1-14-4-5-17(15(2)10-14)25-12-19(24)23-8-6-22(7-9-23)18-11-16(3)20-13-21-18/h4-5,10-11,13H,6-9,12H2,1-3H3. The van der Waals surface area contributed by atoms with Crippen LogP contribution in [0.15, 0.2) is 30.6 Å². The van der Waals surface area contributed by atoms with Gasteiger partial charge in [0, 0.05) is 37.9 Å².